The lowest BCUT2D eigenvalue weighted by Crippen LogP contribution is -2.52. The molecule has 1 saturated heterocycles. The summed E-state index contributed by atoms with van der Waals surface area (Å²) in [6, 6.07) is 18.2. The van der Waals surface area contributed by atoms with E-state index in [1.807, 2.05) is 41.3 Å². The molecule has 6 nitrogen and oxygen atoms in total. The number of halogens is 1. The van der Waals surface area contributed by atoms with Gasteiger partial charge < -0.3 is 14.5 Å². The number of carbonyl (C=O) groups excluding carboxylic acids is 2. The van der Waals surface area contributed by atoms with Gasteiger partial charge in [0, 0.05) is 50.6 Å². The zero-order chi connectivity index (χ0) is 24.9. The average molecular weight is 508 g/mol. The van der Waals surface area contributed by atoms with E-state index in [0.717, 1.165) is 18.5 Å². The van der Waals surface area contributed by atoms with Gasteiger partial charge in [0.1, 0.15) is 11.6 Å². The molecular weight excluding hydrogens is 477 g/mol. The third-order valence-corrected chi connectivity index (χ3v) is 7.93. The molecule has 0 radical (unpaired) electrons. The minimum Gasteiger partial charge on any atom is -0.484 e. The lowest BCUT2D eigenvalue weighted by atomic mass is 9.93. The number of nitrogens with zero attached hydrogens (tertiary/aromatic N) is 3. The number of thiophene rings is 1. The zero-order valence-corrected chi connectivity index (χ0v) is 21.0. The van der Waals surface area contributed by atoms with Gasteiger partial charge in [0.05, 0.1) is 6.04 Å². The maximum Gasteiger partial charge on any atom is 0.260 e. The molecule has 1 fully saturated rings. The van der Waals surface area contributed by atoms with Crippen LogP contribution in [0.3, 0.4) is 0 Å². The van der Waals surface area contributed by atoms with Gasteiger partial charge in [-0.15, -0.1) is 11.3 Å². The average Bonchev–Trinajstić information content (AvgIpc) is 3.39. The highest BCUT2D eigenvalue weighted by atomic mass is 32.1. The second kappa shape index (κ2) is 11.2. The third kappa shape index (κ3) is 5.60. The van der Waals surface area contributed by atoms with Crippen molar-refractivity contribution < 1.29 is 18.7 Å². The van der Waals surface area contributed by atoms with Crippen molar-refractivity contribution in [3.63, 3.8) is 0 Å². The Morgan fingerprint density at radius 2 is 1.67 bits per heavy atom. The summed E-state index contributed by atoms with van der Waals surface area (Å²) in [6.45, 7) is 3.52. The summed E-state index contributed by atoms with van der Waals surface area (Å²) in [5, 5.41) is 2.09. The Morgan fingerprint density at radius 3 is 2.42 bits per heavy atom. The number of hydrogen-bond acceptors (Lipinski definition) is 5. The molecule has 2 aliphatic heterocycles. The fourth-order valence-electron chi connectivity index (χ4n) is 5.03. The first kappa shape index (κ1) is 24.5. The number of hydrogen-bond donors (Lipinski definition) is 0. The van der Waals surface area contributed by atoms with Crippen molar-refractivity contribution >= 4 is 23.2 Å². The van der Waals surface area contributed by atoms with Gasteiger partial charge in [-0.25, -0.2) is 4.39 Å². The molecule has 2 aliphatic rings. The largest absolute Gasteiger partial charge is 0.484 e. The first-order valence-corrected chi connectivity index (χ1v) is 13.3. The lowest BCUT2D eigenvalue weighted by molar-refractivity contribution is -0.140. The Balaban J connectivity index is 1.14. The van der Waals surface area contributed by atoms with E-state index in [4.69, 9.17) is 4.74 Å². The molecule has 0 N–H and O–H groups in total. The summed E-state index contributed by atoms with van der Waals surface area (Å²) in [7, 11) is 0. The normalized spacial score (nSPS) is 18.1. The standard InChI is InChI=1S/C28H30FN3O3S/c29-22-6-4-5-21(19-22)28-24-11-18-36-25(24)9-12-32(28)13-10-26(33)30-14-16-31(17-15-30)27(34)20-35-23-7-2-1-3-8-23/h1-8,11,18-19,28H,9-10,12-17,20H2/t28-/m0/s1. The Hall–Kier alpha value is -3.23. The van der Waals surface area contributed by atoms with Crippen molar-refractivity contribution in [1.82, 2.24) is 14.7 Å². The van der Waals surface area contributed by atoms with E-state index in [-0.39, 0.29) is 30.3 Å². The lowest BCUT2D eigenvalue weighted by Gasteiger charge is -2.38. The highest BCUT2D eigenvalue weighted by Crippen LogP contribution is 2.38. The summed E-state index contributed by atoms with van der Waals surface area (Å²) >= 11 is 1.75. The molecule has 0 spiro atoms. The number of amides is 2. The molecule has 1 aromatic heterocycles. The van der Waals surface area contributed by atoms with Crippen LogP contribution in [-0.4, -0.2) is 72.4 Å². The van der Waals surface area contributed by atoms with Crippen LogP contribution in [0.25, 0.3) is 0 Å². The Bertz CT molecular complexity index is 1190. The number of benzene rings is 2. The molecule has 188 valence electrons. The second-order valence-corrected chi connectivity index (χ2v) is 10.2. The predicted molar refractivity (Wildman–Crippen MR) is 138 cm³/mol. The van der Waals surface area contributed by atoms with Gasteiger partial charge in [-0.1, -0.05) is 30.3 Å². The second-order valence-electron chi connectivity index (χ2n) is 9.16. The first-order valence-electron chi connectivity index (χ1n) is 12.4. The van der Waals surface area contributed by atoms with Crippen LogP contribution in [0.4, 0.5) is 4.39 Å². The van der Waals surface area contributed by atoms with E-state index >= 15 is 0 Å². The first-order chi connectivity index (χ1) is 17.6. The molecule has 2 amide bonds. The molecule has 0 unspecified atom stereocenters. The molecule has 0 bridgehead atoms. The van der Waals surface area contributed by atoms with Crippen molar-refractivity contribution in [3.8, 4) is 5.75 Å². The minimum absolute atomic E-state index is 0.00103. The maximum absolute atomic E-state index is 14.0. The number of para-hydroxylation sites is 1. The van der Waals surface area contributed by atoms with Crippen LogP contribution >= 0.6 is 11.3 Å². The zero-order valence-electron chi connectivity index (χ0n) is 20.1. The van der Waals surface area contributed by atoms with E-state index in [2.05, 4.69) is 16.3 Å². The van der Waals surface area contributed by atoms with Gasteiger partial charge in [-0.05, 0) is 53.3 Å². The fraction of sp³-hybridized carbons (Fsp3) is 0.357. The molecule has 3 heterocycles. The summed E-state index contributed by atoms with van der Waals surface area (Å²) in [4.78, 5) is 32.8. The summed E-state index contributed by atoms with van der Waals surface area (Å²) in [5.41, 5.74) is 2.14. The van der Waals surface area contributed by atoms with Gasteiger partial charge in [0.2, 0.25) is 5.91 Å². The number of ether oxygens (including phenoxy) is 1. The topological polar surface area (TPSA) is 53.1 Å². The van der Waals surface area contributed by atoms with Crippen LogP contribution < -0.4 is 4.74 Å². The maximum atomic E-state index is 14.0. The molecule has 2 aromatic carbocycles. The van der Waals surface area contributed by atoms with E-state index < -0.39 is 0 Å². The van der Waals surface area contributed by atoms with Crippen molar-refractivity contribution in [1.29, 1.82) is 0 Å². The van der Waals surface area contributed by atoms with Gasteiger partial charge in [-0.2, -0.15) is 0 Å². The molecular formula is C28H30FN3O3S. The van der Waals surface area contributed by atoms with Gasteiger partial charge in [0.25, 0.3) is 5.91 Å². The van der Waals surface area contributed by atoms with Crippen molar-refractivity contribution in [3.05, 3.63) is 87.9 Å². The molecule has 1 atom stereocenters. The molecule has 5 rings (SSSR count). The van der Waals surface area contributed by atoms with Crippen LogP contribution in [0.2, 0.25) is 0 Å². The molecule has 3 aromatic rings. The van der Waals surface area contributed by atoms with E-state index in [9.17, 15) is 14.0 Å². The number of piperazine rings is 1. The number of rotatable bonds is 7. The number of carbonyl (C=O) groups is 2. The minimum atomic E-state index is -0.243. The molecule has 0 saturated carbocycles. The van der Waals surface area contributed by atoms with Crippen LogP contribution in [0.1, 0.15) is 28.5 Å². The van der Waals surface area contributed by atoms with Crippen molar-refractivity contribution in [2.45, 2.75) is 18.9 Å². The smallest absolute Gasteiger partial charge is 0.260 e. The van der Waals surface area contributed by atoms with E-state index in [1.54, 1.807) is 28.4 Å². The van der Waals surface area contributed by atoms with Crippen LogP contribution in [-0.2, 0) is 16.0 Å². The highest BCUT2D eigenvalue weighted by molar-refractivity contribution is 7.10. The van der Waals surface area contributed by atoms with Gasteiger partial charge in [-0.3, -0.25) is 14.5 Å². The summed E-state index contributed by atoms with van der Waals surface area (Å²) in [5.74, 6) is 0.455. The SMILES string of the molecule is O=C(CCN1CCc2sccc2[C@@H]1c1cccc(F)c1)N1CCN(C(=O)COc2ccccc2)CC1. The third-order valence-electron chi connectivity index (χ3n) is 6.93. The van der Waals surface area contributed by atoms with Crippen LogP contribution in [0.5, 0.6) is 5.75 Å². The van der Waals surface area contributed by atoms with E-state index in [0.29, 0.717) is 44.9 Å². The molecule has 36 heavy (non-hydrogen) atoms. The highest BCUT2D eigenvalue weighted by Gasteiger charge is 2.31. The fourth-order valence-corrected chi connectivity index (χ4v) is 5.94. The van der Waals surface area contributed by atoms with Gasteiger partial charge >= 0.3 is 0 Å². The van der Waals surface area contributed by atoms with Crippen LogP contribution in [0.15, 0.2) is 66.0 Å². The Morgan fingerprint density at radius 1 is 0.917 bits per heavy atom. The summed E-state index contributed by atoms with van der Waals surface area (Å²) in [6.07, 6.45) is 1.34. The van der Waals surface area contributed by atoms with Crippen molar-refractivity contribution in [2.24, 2.45) is 0 Å². The Kier molecular flexibility index (Phi) is 7.63. The quantitative estimate of drug-likeness (QED) is 0.486. The summed E-state index contributed by atoms with van der Waals surface area (Å²) < 4.78 is 19.6. The monoisotopic (exact) mass is 507 g/mol. The van der Waals surface area contributed by atoms with Crippen molar-refractivity contribution in [2.75, 3.05) is 45.9 Å². The van der Waals surface area contributed by atoms with Crippen LogP contribution in [0, 0.1) is 5.82 Å². The van der Waals surface area contributed by atoms with Gasteiger partial charge in [0.15, 0.2) is 6.61 Å². The molecule has 8 heteroatoms. The van der Waals surface area contributed by atoms with E-state index in [1.165, 1.54) is 16.5 Å². The molecule has 0 aliphatic carbocycles. The Labute approximate surface area is 214 Å². The predicted octanol–water partition coefficient (Wildman–Crippen LogP) is 3.97. The number of fused-ring (bicyclic) bond motifs is 1.